The van der Waals surface area contributed by atoms with E-state index in [1.807, 2.05) is 18.2 Å². The molecule has 4 nitrogen and oxygen atoms in total. The highest BCUT2D eigenvalue weighted by Crippen LogP contribution is 2.41. The van der Waals surface area contributed by atoms with Gasteiger partial charge >= 0.3 is 0 Å². The summed E-state index contributed by atoms with van der Waals surface area (Å²) in [5.74, 6) is 1.48. The molecule has 0 radical (unpaired) electrons. The van der Waals surface area contributed by atoms with Crippen LogP contribution in [0.25, 0.3) is 105 Å². The van der Waals surface area contributed by atoms with Gasteiger partial charge in [-0.15, -0.1) is 0 Å². The van der Waals surface area contributed by atoms with E-state index in [0.717, 1.165) is 66.4 Å². The summed E-state index contributed by atoms with van der Waals surface area (Å²) in [5, 5.41) is 11.8. The van der Waals surface area contributed by atoms with Gasteiger partial charge in [-0.2, -0.15) is 0 Å². The van der Waals surface area contributed by atoms with Gasteiger partial charge in [0.1, 0.15) is 17.0 Å². The van der Waals surface area contributed by atoms with Gasteiger partial charge in [0.25, 0.3) is 0 Å². The number of hydrogen-bond acceptors (Lipinski definition) is 3. The molecule has 0 unspecified atom stereocenters. The van der Waals surface area contributed by atoms with Gasteiger partial charge in [-0.25, -0.2) is 9.97 Å². The van der Waals surface area contributed by atoms with Crippen molar-refractivity contribution in [2.75, 3.05) is 0 Å². The zero-order valence-corrected chi connectivity index (χ0v) is 26.8. The largest absolute Gasteiger partial charge is 0.455 e. The van der Waals surface area contributed by atoms with E-state index in [1.54, 1.807) is 0 Å². The minimum Gasteiger partial charge on any atom is -0.455 e. The first-order valence-electron chi connectivity index (χ1n) is 16.9. The van der Waals surface area contributed by atoms with Crippen LogP contribution in [0.1, 0.15) is 0 Å². The van der Waals surface area contributed by atoms with Crippen molar-refractivity contribution in [1.29, 1.82) is 0 Å². The molecule has 0 saturated heterocycles. The van der Waals surface area contributed by atoms with Gasteiger partial charge in [0, 0.05) is 33.4 Å². The lowest BCUT2D eigenvalue weighted by Crippen LogP contribution is -2.02. The number of rotatable bonds is 3. The second kappa shape index (κ2) is 10.4. The molecule has 11 rings (SSSR count). The van der Waals surface area contributed by atoms with E-state index in [4.69, 9.17) is 14.4 Å². The molecule has 8 aromatic carbocycles. The molecule has 0 saturated carbocycles. The van der Waals surface area contributed by atoms with Crippen molar-refractivity contribution in [1.82, 2.24) is 14.5 Å². The SMILES string of the molecule is c1ccc(-c2cc(-n3c4ccccc4c4c5oc6ccccc6c5ccc43)nc(-c3ccc4c5ccccc5c5ccccc5c4c3)n2)cc1. The van der Waals surface area contributed by atoms with Crippen molar-refractivity contribution in [2.45, 2.75) is 0 Å². The summed E-state index contributed by atoms with van der Waals surface area (Å²) in [6.45, 7) is 0. The molecule has 50 heavy (non-hydrogen) atoms. The number of nitrogens with zero attached hydrogens (tertiary/aromatic N) is 3. The van der Waals surface area contributed by atoms with Crippen molar-refractivity contribution in [3.63, 3.8) is 0 Å². The Morgan fingerprint density at radius 1 is 0.400 bits per heavy atom. The van der Waals surface area contributed by atoms with Gasteiger partial charge in [-0.05, 0) is 62.6 Å². The lowest BCUT2D eigenvalue weighted by molar-refractivity contribution is 0.673. The van der Waals surface area contributed by atoms with Crippen LogP contribution in [0.2, 0.25) is 0 Å². The van der Waals surface area contributed by atoms with Gasteiger partial charge in [-0.3, -0.25) is 4.57 Å². The van der Waals surface area contributed by atoms with Crippen molar-refractivity contribution < 1.29 is 4.42 Å². The average molecular weight is 638 g/mol. The maximum atomic E-state index is 6.57. The molecule has 0 spiro atoms. The molecule has 11 aromatic rings. The van der Waals surface area contributed by atoms with Gasteiger partial charge in [0.15, 0.2) is 5.82 Å². The van der Waals surface area contributed by atoms with Gasteiger partial charge < -0.3 is 4.42 Å². The Morgan fingerprint density at radius 3 is 1.76 bits per heavy atom. The smallest absolute Gasteiger partial charge is 0.162 e. The molecular weight excluding hydrogens is 611 g/mol. The second-order valence-electron chi connectivity index (χ2n) is 12.9. The highest BCUT2D eigenvalue weighted by molar-refractivity contribution is 6.26. The van der Waals surface area contributed by atoms with Crippen LogP contribution in [-0.4, -0.2) is 14.5 Å². The van der Waals surface area contributed by atoms with E-state index < -0.39 is 0 Å². The summed E-state index contributed by atoms with van der Waals surface area (Å²) >= 11 is 0. The molecule has 0 atom stereocenters. The summed E-state index contributed by atoms with van der Waals surface area (Å²) < 4.78 is 8.83. The zero-order chi connectivity index (χ0) is 32.8. The highest BCUT2D eigenvalue weighted by atomic mass is 16.3. The maximum Gasteiger partial charge on any atom is 0.162 e. The predicted octanol–water partition coefficient (Wildman–Crippen LogP) is 12.3. The summed E-state index contributed by atoms with van der Waals surface area (Å²) in [5.41, 5.74) is 6.76. The van der Waals surface area contributed by atoms with Crippen LogP contribution in [0.4, 0.5) is 0 Å². The van der Waals surface area contributed by atoms with Crippen LogP contribution in [0.5, 0.6) is 0 Å². The monoisotopic (exact) mass is 637 g/mol. The standard InChI is InChI=1S/C46H27N3O/c1-2-12-28(13-3-1)39-27-43(49-40-20-10-8-19-37(40)44-41(49)25-24-36-35-18-9-11-21-42(35)50-45(36)44)48-46(47-39)29-22-23-34-32-16-5-4-14-30(32)31-15-6-7-17-33(31)38(34)26-29/h1-27H. The molecule has 0 aliphatic carbocycles. The third-order valence-corrected chi connectivity index (χ3v) is 10.2. The maximum absolute atomic E-state index is 6.57. The van der Waals surface area contributed by atoms with Crippen molar-refractivity contribution in [2.24, 2.45) is 0 Å². The zero-order valence-electron chi connectivity index (χ0n) is 26.8. The van der Waals surface area contributed by atoms with E-state index in [0.29, 0.717) is 5.82 Å². The Morgan fingerprint density at radius 2 is 1.00 bits per heavy atom. The van der Waals surface area contributed by atoms with Crippen LogP contribution in [0.15, 0.2) is 168 Å². The molecular formula is C46H27N3O. The van der Waals surface area contributed by atoms with Gasteiger partial charge in [0.2, 0.25) is 0 Å². The fourth-order valence-electron chi connectivity index (χ4n) is 7.96. The molecule has 4 heteroatoms. The molecule has 0 amide bonds. The van der Waals surface area contributed by atoms with Gasteiger partial charge in [0.05, 0.1) is 22.1 Å². The summed E-state index contributed by atoms with van der Waals surface area (Å²) in [7, 11) is 0. The summed E-state index contributed by atoms with van der Waals surface area (Å²) in [6.07, 6.45) is 0. The van der Waals surface area contributed by atoms with Crippen molar-refractivity contribution in [3.8, 4) is 28.5 Å². The molecule has 0 N–H and O–H groups in total. The molecule has 232 valence electrons. The number of hydrogen-bond donors (Lipinski definition) is 0. The van der Waals surface area contributed by atoms with E-state index in [9.17, 15) is 0 Å². The Bertz CT molecular complexity index is 3120. The molecule has 3 heterocycles. The summed E-state index contributed by atoms with van der Waals surface area (Å²) in [4.78, 5) is 10.6. The topological polar surface area (TPSA) is 43.9 Å². The Balaban J connectivity index is 1.22. The first-order chi connectivity index (χ1) is 24.8. The first kappa shape index (κ1) is 27.2. The number of para-hydroxylation sites is 2. The lowest BCUT2D eigenvalue weighted by atomic mass is 9.93. The van der Waals surface area contributed by atoms with E-state index in [1.165, 1.54) is 32.3 Å². The molecule has 0 fully saturated rings. The number of furan rings is 1. The Kier molecular flexibility index (Phi) is 5.63. The number of aromatic nitrogens is 3. The minimum absolute atomic E-state index is 0.677. The van der Waals surface area contributed by atoms with Crippen LogP contribution in [0, 0.1) is 0 Å². The third kappa shape index (κ3) is 3.87. The first-order valence-corrected chi connectivity index (χ1v) is 16.9. The van der Waals surface area contributed by atoms with Crippen LogP contribution in [-0.2, 0) is 0 Å². The second-order valence-corrected chi connectivity index (χ2v) is 12.9. The van der Waals surface area contributed by atoms with Crippen LogP contribution >= 0.6 is 0 Å². The Hall–Kier alpha value is -6.78. The van der Waals surface area contributed by atoms with E-state index in [-0.39, 0.29) is 0 Å². The molecule has 3 aromatic heterocycles. The van der Waals surface area contributed by atoms with Crippen LogP contribution < -0.4 is 0 Å². The van der Waals surface area contributed by atoms with E-state index >= 15 is 0 Å². The minimum atomic E-state index is 0.677. The molecule has 0 aliphatic rings. The number of benzene rings is 8. The third-order valence-electron chi connectivity index (χ3n) is 10.2. The fourth-order valence-corrected chi connectivity index (χ4v) is 7.96. The number of fused-ring (bicyclic) bond motifs is 13. The highest BCUT2D eigenvalue weighted by Gasteiger charge is 2.21. The normalized spacial score (nSPS) is 12.0. The quantitative estimate of drug-likeness (QED) is 0.181. The predicted molar refractivity (Wildman–Crippen MR) is 207 cm³/mol. The van der Waals surface area contributed by atoms with Crippen molar-refractivity contribution in [3.05, 3.63) is 164 Å². The molecule has 0 bridgehead atoms. The van der Waals surface area contributed by atoms with Gasteiger partial charge in [-0.1, -0.05) is 127 Å². The Labute approximate surface area is 286 Å². The molecule has 0 aliphatic heterocycles. The summed E-state index contributed by atoms with van der Waals surface area (Å²) in [6, 6.07) is 57.7. The lowest BCUT2D eigenvalue weighted by Gasteiger charge is -2.14. The average Bonchev–Trinajstić information content (AvgIpc) is 3.74. The van der Waals surface area contributed by atoms with Crippen LogP contribution in [0.3, 0.4) is 0 Å². The van der Waals surface area contributed by atoms with Crippen molar-refractivity contribution >= 4 is 76.1 Å². The van der Waals surface area contributed by atoms with E-state index in [2.05, 4.69) is 150 Å². The fraction of sp³-hybridized carbons (Fsp3) is 0.